The van der Waals surface area contributed by atoms with E-state index in [1.165, 1.54) is 6.42 Å². The SMILES string of the molecule is CCN1CCCC1CNC(=O)c1cc2ccc(OC)cc2[nH]1. The topological polar surface area (TPSA) is 57.4 Å². The third kappa shape index (κ3) is 2.95. The van der Waals surface area contributed by atoms with E-state index in [4.69, 9.17) is 4.74 Å². The van der Waals surface area contributed by atoms with E-state index in [1.54, 1.807) is 7.11 Å². The second kappa shape index (κ2) is 6.40. The van der Waals surface area contributed by atoms with Crippen molar-refractivity contribution in [1.82, 2.24) is 15.2 Å². The molecule has 1 aromatic carbocycles. The molecule has 1 aliphatic rings. The van der Waals surface area contributed by atoms with Crippen LogP contribution >= 0.6 is 0 Å². The van der Waals surface area contributed by atoms with Gasteiger partial charge in [0, 0.05) is 29.6 Å². The number of aromatic amines is 1. The number of carbonyl (C=O) groups excluding carboxylic acids is 1. The number of amides is 1. The minimum atomic E-state index is -0.0434. The van der Waals surface area contributed by atoms with Gasteiger partial charge in [0.05, 0.1) is 7.11 Å². The van der Waals surface area contributed by atoms with Crippen molar-refractivity contribution in [3.05, 3.63) is 30.0 Å². The first-order chi connectivity index (χ1) is 10.7. The lowest BCUT2D eigenvalue weighted by Gasteiger charge is -2.22. The van der Waals surface area contributed by atoms with Gasteiger partial charge in [0.25, 0.3) is 5.91 Å². The lowest BCUT2D eigenvalue weighted by Crippen LogP contribution is -2.40. The van der Waals surface area contributed by atoms with Gasteiger partial charge in [0.2, 0.25) is 0 Å². The van der Waals surface area contributed by atoms with E-state index in [-0.39, 0.29) is 5.91 Å². The van der Waals surface area contributed by atoms with Gasteiger partial charge in [0.15, 0.2) is 0 Å². The van der Waals surface area contributed by atoms with Crippen LogP contribution in [0.3, 0.4) is 0 Å². The van der Waals surface area contributed by atoms with Gasteiger partial charge in [-0.2, -0.15) is 0 Å². The van der Waals surface area contributed by atoms with E-state index < -0.39 is 0 Å². The first kappa shape index (κ1) is 14.9. The van der Waals surface area contributed by atoms with E-state index in [9.17, 15) is 4.79 Å². The zero-order chi connectivity index (χ0) is 15.5. The Morgan fingerprint density at radius 1 is 1.45 bits per heavy atom. The number of methoxy groups -OCH3 is 1. The van der Waals surface area contributed by atoms with Crippen molar-refractivity contribution in [2.45, 2.75) is 25.8 Å². The summed E-state index contributed by atoms with van der Waals surface area (Å²) >= 11 is 0. The first-order valence-corrected chi connectivity index (χ1v) is 7.90. The van der Waals surface area contributed by atoms with Crippen molar-refractivity contribution in [1.29, 1.82) is 0 Å². The Hall–Kier alpha value is -2.01. The molecule has 0 aliphatic carbocycles. The molecule has 5 heteroatoms. The molecule has 2 aromatic rings. The standard InChI is InChI=1S/C17H23N3O2/c1-3-20-8-4-5-13(20)11-18-17(21)16-9-12-6-7-14(22-2)10-15(12)19-16/h6-7,9-10,13,19H,3-5,8,11H2,1-2H3,(H,18,21). The van der Waals surface area contributed by atoms with E-state index in [2.05, 4.69) is 22.1 Å². The Kier molecular flexibility index (Phi) is 4.34. The van der Waals surface area contributed by atoms with Crippen LogP contribution in [0.2, 0.25) is 0 Å². The fraction of sp³-hybridized carbons (Fsp3) is 0.471. The molecule has 1 saturated heterocycles. The van der Waals surface area contributed by atoms with E-state index in [0.717, 1.165) is 36.2 Å². The summed E-state index contributed by atoms with van der Waals surface area (Å²) in [5.74, 6) is 0.740. The van der Waals surface area contributed by atoms with Crippen LogP contribution < -0.4 is 10.1 Å². The molecule has 2 N–H and O–H groups in total. The number of ether oxygens (including phenoxy) is 1. The molecule has 1 atom stereocenters. The van der Waals surface area contributed by atoms with Crippen LogP contribution in [0.4, 0.5) is 0 Å². The number of hydrogen-bond acceptors (Lipinski definition) is 3. The maximum atomic E-state index is 12.3. The molecule has 118 valence electrons. The molecule has 1 unspecified atom stereocenters. The molecule has 0 spiro atoms. The van der Waals surface area contributed by atoms with Crippen molar-refractivity contribution < 1.29 is 9.53 Å². The molecule has 5 nitrogen and oxygen atoms in total. The van der Waals surface area contributed by atoms with E-state index in [1.807, 2.05) is 24.3 Å². The van der Waals surface area contributed by atoms with Crippen LogP contribution in [0.5, 0.6) is 5.75 Å². The number of hydrogen-bond donors (Lipinski definition) is 2. The lowest BCUT2D eigenvalue weighted by molar-refractivity contribution is 0.0937. The third-order valence-electron chi connectivity index (χ3n) is 4.48. The Labute approximate surface area is 130 Å². The molecule has 1 amide bonds. The Morgan fingerprint density at radius 3 is 3.09 bits per heavy atom. The number of carbonyl (C=O) groups is 1. The van der Waals surface area contributed by atoms with Gasteiger partial charge in [-0.25, -0.2) is 0 Å². The number of benzene rings is 1. The van der Waals surface area contributed by atoms with Gasteiger partial charge in [-0.3, -0.25) is 9.69 Å². The highest BCUT2D eigenvalue weighted by Crippen LogP contribution is 2.21. The number of H-pyrrole nitrogens is 1. The number of rotatable bonds is 5. The maximum Gasteiger partial charge on any atom is 0.267 e. The van der Waals surface area contributed by atoms with E-state index in [0.29, 0.717) is 18.3 Å². The first-order valence-electron chi connectivity index (χ1n) is 7.90. The number of nitrogens with one attached hydrogen (secondary N) is 2. The van der Waals surface area contributed by atoms with Crippen molar-refractivity contribution >= 4 is 16.8 Å². The summed E-state index contributed by atoms with van der Waals surface area (Å²) in [6, 6.07) is 8.11. The molecule has 1 fully saturated rings. The summed E-state index contributed by atoms with van der Waals surface area (Å²) < 4.78 is 5.21. The summed E-state index contributed by atoms with van der Waals surface area (Å²) in [7, 11) is 1.64. The number of likely N-dealkylation sites (tertiary alicyclic amines) is 1. The molecule has 2 heterocycles. The smallest absolute Gasteiger partial charge is 0.267 e. The molecular formula is C17H23N3O2. The molecule has 1 aromatic heterocycles. The highest BCUT2D eigenvalue weighted by Gasteiger charge is 2.23. The number of aromatic nitrogens is 1. The Balaban J connectivity index is 1.67. The van der Waals surface area contributed by atoms with Gasteiger partial charge >= 0.3 is 0 Å². The molecule has 3 rings (SSSR count). The van der Waals surface area contributed by atoms with Crippen LogP contribution in [0.1, 0.15) is 30.3 Å². The summed E-state index contributed by atoms with van der Waals surface area (Å²) in [6.07, 6.45) is 2.39. The number of nitrogens with zero attached hydrogens (tertiary/aromatic N) is 1. The van der Waals surface area contributed by atoms with Gasteiger partial charge in [-0.05, 0) is 44.1 Å². The summed E-state index contributed by atoms with van der Waals surface area (Å²) in [5.41, 5.74) is 1.52. The number of likely N-dealkylation sites (N-methyl/N-ethyl adjacent to an activating group) is 1. The molecular weight excluding hydrogens is 278 g/mol. The molecule has 0 radical (unpaired) electrons. The van der Waals surface area contributed by atoms with Crippen LogP contribution in [-0.4, -0.2) is 48.6 Å². The second-order valence-electron chi connectivity index (χ2n) is 5.77. The second-order valence-corrected chi connectivity index (χ2v) is 5.77. The zero-order valence-corrected chi connectivity index (χ0v) is 13.2. The van der Waals surface area contributed by atoms with Gasteiger partial charge in [0.1, 0.15) is 11.4 Å². The third-order valence-corrected chi connectivity index (χ3v) is 4.48. The van der Waals surface area contributed by atoms with Crippen molar-refractivity contribution in [2.24, 2.45) is 0 Å². The molecule has 0 saturated carbocycles. The van der Waals surface area contributed by atoms with Crippen LogP contribution in [0.15, 0.2) is 24.3 Å². The van der Waals surface area contributed by atoms with Crippen molar-refractivity contribution in [2.75, 3.05) is 26.7 Å². The highest BCUT2D eigenvalue weighted by molar-refractivity contribution is 5.98. The molecule has 22 heavy (non-hydrogen) atoms. The Morgan fingerprint density at radius 2 is 2.32 bits per heavy atom. The Bertz CT molecular complexity index is 665. The van der Waals surface area contributed by atoms with Crippen molar-refractivity contribution in [3.8, 4) is 5.75 Å². The predicted octanol–water partition coefficient (Wildman–Crippen LogP) is 2.39. The fourth-order valence-corrected chi connectivity index (χ4v) is 3.20. The maximum absolute atomic E-state index is 12.3. The molecule has 1 aliphatic heterocycles. The normalized spacial score (nSPS) is 18.7. The quantitative estimate of drug-likeness (QED) is 0.891. The zero-order valence-electron chi connectivity index (χ0n) is 13.2. The fourth-order valence-electron chi connectivity index (χ4n) is 3.20. The highest BCUT2D eigenvalue weighted by atomic mass is 16.5. The predicted molar refractivity (Wildman–Crippen MR) is 87.5 cm³/mol. The average Bonchev–Trinajstić information content (AvgIpc) is 3.17. The number of fused-ring (bicyclic) bond motifs is 1. The molecule has 0 bridgehead atoms. The van der Waals surface area contributed by atoms with E-state index >= 15 is 0 Å². The van der Waals surface area contributed by atoms with Crippen LogP contribution in [-0.2, 0) is 0 Å². The van der Waals surface area contributed by atoms with Crippen molar-refractivity contribution in [3.63, 3.8) is 0 Å². The van der Waals surface area contributed by atoms with Gasteiger partial charge in [-0.15, -0.1) is 0 Å². The van der Waals surface area contributed by atoms with Crippen LogP contribution in [0.25, 0.3) is 10.9 Å². The monoisotopic (exact) mass is 301 g/mol. The van der Waals surface area contributed by atoms with Gasteiger partial charge in [-0.1, -0.05) is 6.92 Å². The minimum Gasteiger partial charge on any atom is -0.497 e. The average molecular weight is 301 g/mol. The van der Waals surface area contributed by atoms with Gasteiger partial charge < -0.3 is 15.0 Å². The minimum absolute atomic E-state index is 0.0434. The lowest BCUT2D eigenvalue weighted by atomic mass is 10.2. The summed E-state index contributed by atoms with van der Waals surface area (Å²) in [6.45, 7) is 5.08. The largest absolute Gasteiger partial charge is 0.497 e. The van der Waals surface area contributed by atoms with Crippen LogP contribution in [0, 0.1) is 0 Å². The summed E-state index contributed by atoms with van der Waals surface area (Å²) in [5, 5.41) is 4.07. The summed E-state index contributed by atoms with van der Waals surface area (Å²) in [4.78, 5) is 17.9.